The lowest BCUT2D eigenvalue weighted by molar-refractivity contribution is 0.157. The van der Waals surface area contributed by atoms with Gasteiger partial charge in [-0.3, -0.25) is 4.90 Å². The van der Waals surface area contributed by atoms with Crippen LogP contribution in [0.1, 0.15) is 24.0 Å². The van der Waals surface area contributed by atoms with Crippen LogP contribution in [0, 0.1) is 19.8 Å². The van der Waals surface area contributed by atoms with Crippen molar-refractivity contribution in [2.75, 3.05) is 32.8 Å². The first-order valence-electron chi connectivity index (χ1n) is 7.31. The highest BCUT2D eigenvalue weighted by Gasteiger charge is 2.17. The van der Waals surface area contributed by atoms with Crippen LogP contribution in [0.2, 0.25) is 0 Å². The number of hydrogen-bond acceptors (Lipinski definition) is 3. The van der Waals surface area contributed by atoms with Crippen LogP contribution in [0.25, 0.3) is 0 Å². The monoisotopic (exact) mass is 262 g/mol. The first kappa shape index (κ1) is 14.4. The van der Waals surface area contributed by atoms with Crippen molar-refractivity contribution in [3.63, 3.8) is 0 Å². The summed E-state index contributed by atoms with van der Waals surface area (Å²) in [5.41, 5.74) is 8.18. The van der Waals surface area contributed by atoms with Gasteiger partial charge in [0.1, 0.15) is 12.4 Å². The van der Waals surface area contributed by atoms with Crippen LogP contribution >= 0.6 is 0 Å². The third kappa shape index (κ3) is 4.22. The maximum atomic E-state index is 5.91. The Morgan fingerprint density at radius 2 is 2.00 bits per heavy atom. The van der Waals surface area contributed by atoms with E-state index in [0.717, 1.165) is 44.5 Å². The molecule has 1 heterocycles. The lowest BCUT2D eigenvalue weighted by atomic mass is 9.97. The summed E-state index contributed by atoms with van der Waals surface area (Å²) >= 11 is 0. The van der Waals surface area contributed by atoms with Crippen LogP contribution in [0.5, 0.6) is 5.75 Å². The number of benzene rings is 1. The Bertz CT molecular complexity index is 398. The summed E-state index contributed by atoms with van der Waals surface area (Å²) in [7, 11) is 0. The molecule has 0 saturated carbocycles. The Labute approximate surface area is 116 Å². The van der Waals surface area contributed by atoms with Crippen molar-refractivity contribution >= 4 is 0 Å². The van der Waals surface area contributed by atoms with Crippen molar-refractivity contribution in [3.05, 3.63) is 29.3 Å². The van der Waals surface area contributed by atoms with Crippen molar-refractivity contribution in [1.29, 1.82) is 0 Å². The van der Waals surface area contributed by atoms with Crippen molar-refractivity contribution in [2.45, 2.75) is 26.7 Å². The number of ether oxygens (including phenoxy) is 1. The van der Waals surface area contributed by atoms with E-state index in [1.54, 1.807) is 0 Å². The predicted molar refractivity (Wildman–Crippen MR) is 79.6 cm³/mol. The van der Waals surface area contributed by atoms with E-state index in [1.807, 2.05) is 0 Å². The average molecular weight is 262 g/mol. The van der Waals surface area contributed by atoms with Crippen LogP contribution in [0.15, 0.2) is 18.2 Å². The summed E-state index contributed by atoms with van der Waals surface area (Å²) in [5, 5.41) is 0. The Kier molecular flexibility index (Phi) is 5.23. The molecule has 0 spiro atoms. The first-order valence-corrected chi connectivity index (χ1v) is 7.31. The van der Waals surface area contributed by atoms with Gasteiger partial charge in [-0.25, -0.2) is 0 Å². The van der Waals surface area contributed by atoms with E-state index in [-0.39, 0.29) is 0 Å². The highest BCUT2D eigenvalue weighted by atomic mass is 16.5. The van der Waals surface area contributed by atoms with Gasteiger partial charge in [0.05, 0.1) is 0 Å². The van der Waals surface area contributed by atoms with Gasteiger partial charge in [0.15, 0.2) is 0 Å². The summed E-state index contributed by atoms with van der Waals surface area (Å²) in [6, 6.07) is 6.37. The standard InChI is InChI=1S/C16H26N2O/c1-13-3-4-14(2)16(11-13)19-10-9-18-7-5-15(12-17)6-8-18/h3-4,11,15H,5-10,12,17H2,1-2H3. The fraction of sp³-hybridized carbons (Fsp3) is 0.625. The van der Waals surface area contributed by atoms with Gasteiger partial charge in [-0.05, 0) is 69.4 Å². The van der Waals surface area contributed by atoms with Gasteiger partial charge in [0.2, 0.25) is 0 Å². The minimum absolute atomic E-state index is 0.733. The second-order valence-corrected chi connectivity index (χ2v) is 5.64. The van der Waals surface area contributed by atoms with E-state index in [9.17, 15) is 0 Å². The number of hydrogen-bond donors (Lipinski definition) is 1. The summed E-state index contributed by atoms with van der Waals surface area (Å²) in [5.74, 6) is 1.76. The van der Waals surface area contributed by atoms with Crippen LogP contribution in [0.3, 0.4) is 0 Å². The topological polar surface area (TPSA) is 38.5 Å². The summed E-state index contributed by atoms with van der Waals surface area (Å²) < 4.78 is 5.91. The molecule has 0 bridgehead atoms. The van der Waals surface area contributed by atoms with Crippen molar-refractivity contribution in [1.82, 2.24) is 4.90 Å². The zero-order valence-electron chi connectivity index (χ0n) is 12.2. The number of likely N-dealkylation sites (tertiary alicyclic amines) is 1. The Hall–Kier alpha value is -1.06. The maximum Gasteiger partial charge on any atom is 0.122 e. The number of nitrogens with two attached hydrogens (primary N) is 1. The lowest BCUT2D eigenvalue weighted by Gasteiger charge is -2.31. The van der Waals surface area contributed by atoms with Gasteiger partial charge in [0.25, 0.3) is 0 Å². The lowest BCUT2D eigenvalue weighted by Crippen LogP contribution is -2.38. The highest BCUT2D eigenvalue weighted by Crippen LogP contribution is 2.19. The van der Waals surface area contributed by atoms with Gasteiger partial charge in [-0.15, -0.1) is 0 Å². The molecular weight excluding hydrogens is 236 g/mol. The van der Waals surface area contributed by atoms with E-state index in [2.05, 4.69) is 36.9 Å². The molecule has 0 radical (unpaired) electrons. The SMILES string of the molecule is Cc1ccc(C)c(OCCN2CCC(CN)CC2)c1. The molecule has 0 aliphatic carbocycles. The van der Waals surface area contributed by atoms with Gasteiger partial charge in [0, 0.05) is 6.54 Å². The molecule has 1 fully saturated rings. The molecule has 1 aromatic rings. The number of rotatable bonds is 5. The third-order valence-electron chi connectivity index (χ3n) is 4.05. The molecule has 3 heteroatoms. The molecule has 106 valence electrons. The molecule has 1 saturated heterocycles. The number of nitrogens with zero attached hydrogens (tertiary/aromatic N) is 1. The molecule has 0 atom stereocenters. The first-order chi connectivity index (χ1) is 9.19. The maximum absolute atomic E-state index is 5.91. The molecule has 1 aromatic carbocycles. The van der Waals surface area contributed by atoms with Crippen molar-refractivity contribution in [3.8, 4) is 5.75 Å². The third-order valence-corrected chi connectivity index (χ3v) is 4.05. The van der Waals surface area contributed by atoms with Crippen LogP contribution in [-0.4, -0.2) is 37.7 Å². The molecule has 1 aliphatic rings. The van der Waals surface area contributed by atoms with Crippen molar-refractivity contribution < 1.29 is 4.74 Å². The molecule has 2 rings (SSSR count). The summed E-state index contributed by atoms with van der Waals surface area (Å²) in [4.78, 5) is 2.48. The molecule has 2 N–H and O–H groups in total. The van der Waals surface area contributed by atoms with Gasteiger partial charge >= 0.3 is 0 Å². The number of aryl methyl sites for hydroxylation is 2. The molecule has 0 aromatic heterocycles. The van der Waals surface area contributed by atoms with E-state index in [4.69, 9.17) is 10.5 Å². The van der Waals surface area contributed by atoms with Crippen LogP contribution < -0.4 is 10.5 Å². The summed E-state index contributed by atoms with van der Waals surface area (Å²) in [6.45, 7) is 9.16. The second kappa shape index (κ2) is 6.92. The summed E-state index contributed by atoms with van der Waals surface area (Å²) in [6.07, 6.45) is 2.47. The zero-order valence-corrected chi connectivity index (χ0v) is 12.2. The van der Waals surface area contributed by atoms with E-state index < -0.39 is 0 Å². The van der Waals surface area contributed by atoms with E-state index in [0.29, 0.717) is 0 Å². The highest BCUT2D eigenvalue weighted by molar-refractivity contribution is 5.35. The Morgan fingerprint density at radius 3 is 2.68 bits per heavy atom. The van der Waals surface area contributed by atoms with Crippen LogP contribution in [-0.2, 0) is 0 Å². The Morgan fingerprint density at radius 1 is 1.26 bits per heavy atom. The molecule has 3 nitrogen and oxygen atoms in total. The molecule has 0 amide bonds. The van der Waals surface area contributed by atoms with E-state index in [1.165, 1.54) is 24.0 Å². The smallest absolute Gasteiger partial charge is 0.122 e. The second-order valence-electron chi connectivity index (χ2n) is 5.64. The van der Waals surface area contributed by atoms with Crippen molar-refractivity contribution in [2.24, 2.45) is 11.7 Å². The molecule has 1 aliphatic heterocycles. The minimum atomic E-state index is 0.733. The van der Waals surface area contributed by atoms with Gasteiger partial charge in [-0.1, -0.05) is 12.1 Å². The van der Waals surface area contributed by atoms with E-state index >= 15 is 0 Å². The molecule has 19 heavy (non-hydrogen) atoms. The normalized spacial score (nSPS) is 17.6. The molecule has 0 unspecified atom stereocenters. The fourth-order valence-electron chi connectivity index (χ4n) is 2.59. The zero-order chi connectivity index (χ0) is 13.7. The van der Waals surface area contributed by atoms with Gasteiger partial charge < -0.3 is 10.5 Å². The average Bonchev–Trinajstić information content (AvgIpc) is 2.43. The predicted octanol–water partition coefficient (Wildman–Crippen LogP) is 2.35. The fourth-order valence-corrected chi connectivity index (χ4v) is 2.59. The van der Waals surface area contributed by atoms with Crippen LogP contribution in [0.4, 0.5) is 0 Å². The quantitative estimate of drug-likeness (QED) is 0.885. The Balaban J connectivity index is 1.73. The number of piperidine rings is 1. The van der Waals surface area contributed by atoms with Gasteiger partial charge in [-0.2, -0.15) is 0 Å². The minimum Gasteiger partial charge on any atom is -0.492 e. The molecular formula is C16H26N2O. The largest absolute Gasteiger partial charge is 0.492 e.